The van der Waals surface area contributed by atoms with E-state index in [9.17, 15) is 14.4 Å². The highest BCUT2D eigenvalue weighted by atomic mass is 16.5. The van der Waals surface area contributed by atoms with Gasteiger partial charge in [-0.05, 0) is 32.8 Å². The van der Waals surface area contributed by atoms with Crippen molar-refractivity contribution < 1.29 is 19.1 Å². The van der Waals surface area contributed by atoms with Gasteiger partial charge in [0.25, 0.3) is 5.91 Å². The summed E-state index contributed by atoms with van der Waals surface area (Å²) in [6.45, 7) is 11.6. The van der Waals surface area contributed by atoms with Crippen molar-refractivity contribution in [2.75, 3.05) is 26.2 Å². The van der Waals surface area contributed by atoms with Crippen molar-refractivity contribution in [3.63, 3.8) is 0 Å². The molecule has 1 rings (SSSR count). The lowest BCUT2D eigenvalue weighted by Crippen LogP contribution is -2.46. The second-order valence-corrected chi connectivity index (χ2v) is 5.60. The summed E-state index contributed by atoms with van der Waals surface area (Å²) in [7, 11) is 0. The van der Waals surface area contributed by atoms with Crippen molar-refractivity contribution in [2.45, 2.75) is 47.5 Å². The van der Waals surface area contributed by atoms with Gasteiger partial charge in [0.15, 0.2) is 6.29 Å². The molecule has 1 N–H and O–H groups in total. The molecule has 0 saturated heterocycles. The number of nitrogens with zero attached hydrogens (tertiary/aromatic N) is 2. The Labute approximate surface area is 149 Å². The lowest BCUT2D eigenvalue weighted by molar-refractivity contribution is -0.143. The number of aromatic amines is 1. The zero-order valence-electron chi connectivity index (χ0n) is 15.8. The molecule has 1 amide bonds. The zero-order valence-corrected chi connectivity index (χ0v) is 15.8. The van der Waals surface area contributed by atoms with E-state index in [1.54, 1.807) is 18.9 Å². The predicted molar refractivity (Wildman–Crippen MR) is 95.5 cm³/mol. The summed E-state index contributed by atoms with van der Waals surface area (Å²) >= 11 is 0. The molecule has 0 aromatic carbocycles. The molecule has 0 radical (unpaired) electrons. The molecular formula is C18H29N3O4. The second-order valence-electron chi connectivity index (χ2n) is 5.60. The van der Waals surface area contributed by atoms with Gasteiger partial charge >= 0.3 is 5.97 Å². The SMILES string of the molecule is CCOC(=O)CCc1c(C=O)[nH]c(C)c1C(=O)N(CC)N(CC)CC. The van der Waals surface area contributed by atoms with E-state index >= 15 is 0 Å². The number of hydrogen-bond donors (Lipinski definition) is 1. The van der Waals surface area contributed by atoms with Crippen molar-refractivity contribution in [1.82, 2.24) is 15.0 Å². The number of amides is 1. The lowest BCUT2D eigenvalue weighted by Gasteiger charge is -2.32. The average Bonchev–Trinajstić information content (AvgIpc) is 2.92. The van der Waals surface area contributed by atoms with Gasteiger partial charge in [-0.15, -0.1) is 0 Å². The van der Waals surface area contributed by atoms with Gasteiger partial charge < -0.3 is 9.72 Å². The monoisotopic (exact) mass is 351 g/mol. The Kier molecular flexibility index (Phi) is 8.34. The number of carbonyl (C=O) groups is 3. The van der Waals surface area contributed by atoms with Crippen molar-refractivity contribution >= 4 is 18.2 Å². The maximum absolute atomic E-state index is 13.1. The lowest BCUT2D eigenvalue weighted by atomic mass is 10.0. The second kappa shape index (κ2) is 9.98. The topological polar surface area (TPSA) is 82.7 Å². The number of aldehydes is 1. The minimum atomic E-state index is -0.340. The van der Waals surface area contributed by atoms with Crippen LogP contribution >= 0.6 is 0 Å². The van der Waals surface area contributed by atoms with Crippen LogP contribution in [0.1, 0.15) is 66.2 Å². The summed E-state index contributed by atoms with van der Waals surface area (Å²) in [5.74, 6) is -0.500. The molecular weight excluding hydrogens is 322 g/mol. The standard InChI is InChI=1S/C18H29N3O4/c1-6-20(7-2)21(8-3)18(24)17-13(5)19-15(12-22)14(17)10-11-16(23)25-9-4/h12,19H,6-11H2,1-5H3. The molecule has 140 valence electrons. The van der Waals surface area contributed by atoms with Crippen LogP contribution < -0.4 is 0 Å². The molecule has 0 aliphatic carbocycles. The van der Waals surface area contributed by atoms with Crippen LogP contribution in [0.5, 0.6) is 0 Å². The van der Waals surface area contributed by atoms with E-state index in [1.165, 1.54) is 0 Å². The van der Waals surface area contributed by atoms with Gasteiger partial charge in [-0.1, -0.05) is 13.8 Å². The number of carbonyl (C=O) groups excluding carboxylic acids is 3. The van der Waals surface area contributed by atoms with Gasteiger partial charge in [0.05, 0.1) is 17.9 Å². The van der Waals surface area contributed by atoms with Crippen LogP contribution in [0, 0.1) is 6.92 Å². The van der Waals surface area contributed by atoms with Crippen LogP contribution in [-0.4, -0.2) is 59.4 Å². The van der Waals surface area contributed by atoms with Gasteiger partial charge in [-0.2, -0.15) is 0 Å². The van der Waals surface area contributed by atoms with Gasteiger partial charge in [0.1, 0.15) is 0 Å². The Balaban J connectivity index is 3.20. The third kappa shape index (κ3) is 4.92. The predicted octanol–water partition coefficient (Wildman–Crippen LogP) is 2.35. The largest absolute Gasteiger partial charge is 0.466 e. The van der Waals surface area contributed by atoms with E-state index in [2.05, 4.69) is 4.98 Å². The minimum Gasteiger partial charge on any atom is -0.466 e. The first kappa shape index (κ1) is 20.9. The van der Waals surface area contributed by atoms with E-state index in [1.807, 2.05) is 25.8 Å². The fourth-order valence-electron chi connectivity index (χ4n) is 2.98. The summed E-state index contributed by atoms with van der Waals surface area (Å²) in [4.78, 5) is 39.1. The van der Waals surface area contributed by atoms with Crippen LogP contribution in [0.2, 0.25) is 0 Å². The van der Waals surface area contributed by atoms with Crippen molar-refractivity contribution in [3.05, 3.63) is 22.5 Å². The van der Waals surface area contributed by atoms with Crippen LogP contribution in [-0.2, 0) is 16.0 Å². The first-order valence-electron chi connectivity index (χ1n) is 8.83. The van der Waals surface area contributed by atoms with Crippen molar-refractivity contribution in [1.29, 1.82) is 0 Å². The Morgan fingerprint density at radius 2 is 1.76 bits per heavy atom. The quantitative estimate of drug-likeness (QED) is 0.397. The van der Waals surface area contributed by atoms with Gasteiger partial charge in [0.2, 0.25) is 0 Å². The zero-order chi connectivity index (χ0) is 19.0. The smallest absolute Gasteiger partial charge is 0.306 e. The van der Waals surface area contributed by atoms with E-state index in [-0.39, 0.29) is 24.7 Å². The summed E-state index contributed by atoms with van der Waals surface area (Å²) in [6.07, 6.45) is 1.11. The van der Waals surface area contributed by atoms with E-state index in [0.717, 1.165) is 0 Å². The van der Waals surface area contributed by atoms with Gasteiger partial charge in [-0.25, -0.2) is 5.01 Å². The molecule has 1 aromatic rings. The Morgan fingerprint density at radius 3 is 2.24 bits per heavy atom. The molecule has 0 aliphatic heterocycles. The first-order chi connectivity index (χ1) is 11.9. The molecule has 0 fully saturated rings. The van der Waals surface area contributed by atoms with Crippen molar-refractivity contribution in [2.24, 2.45) is 0 Å². The fraction of sp³-hybridized carbons (Fsp3) is 0.611. The number of aromatic nitrogens is 1. The maximum atomic E-state index is 13.1. The maximum Gasteiger partial charge on any atom is 0.306 e. The average molecular weight is 351 g/mol. The molecule has 1 aromatic heterocycles. The summed E-state index contributed by atoms with van der Waals surface area (Å²) in [5.41, 5.74) is 2.04. The number of H-pyrrole nitrogens is 1. The van der Waals surface area contributed by atoms with E-state index in [4.69, 9.17) is 4.74 Å². The summed E-state index contributed by atoms with van der Waals surface area (Å²) in [6, 6.07) is 0. The summed E-state index contributed by atoms with van der Waals surface area (Å²) in [5, 5.41) is 3.63. The Morgan fingerprint density at radius 1 is 1.12 bits per heavy atom. The number of hydrazine groups is 1. The molecule has 0 bridgehead atoms. The highest BCUT2D eigenvalue weighted by Gasteiger charge is 2.27. The molecule has 0 atom stereocenters. The number of nitrogens with one attached hydrogen (secondary N) is 1. The third-order valence-corrected chi connectivity index (χ3v) is 4.15. The van der Waals surface area contributed by atoms with E-state index in [0.29, 0.717) is 55.0 Å². The molecule has 7 nitrogen and oxygen atoms in total. The number of rotatable bonds is 10. The minimum absolute atomic E-state index is 0.129. The summed E-state index contributed by atoms with van der Waals surface area (Å²) < 4.78 is 4.94. The molecule has 0 unspecified atom stereocenters. The number of ether oxygens (including phenoxy) is 1. The first-order valence-corrected chi connectivity index (χ1v) is 8.83. The van der Waals surface area contributed by atoms with Crippen LogP contribution in [0.3, 0.4) is 0 Å². The third-order valence-electron chi connectivity index (χ3n) is 4.15. The molecule has 1 heterocycles. The van der Waals surface area contributed by atoms with Crippen molar-refractivity contribution in [3.8, 4) is 0 Å². The van der Waals surface area contributed by atoms with Crippen LogP contribution in [0.4, 0.5) is 0 Å². The molecule has 25 heavy (non-hydrogen) atoms. The number of hydrogen-bond acceptors (Lipinski definition) is 5. The molecule has 0 saturated carbocycles. The van der Waals surface area contributed by atoms with E-state index < -0.39 is 0 Å². The highest BCUT2D eigenvalue weighted by Crippen LogP contribution is 2.22. The molecule has 7 heteroatoms. The van der Waals surface area contributed by atoms with Gasteiger partial charge in [-0.3, -0.25) is 19.4 Å². The fourth-order valence-corrected chi connectivity index (χ4v) is 2.98. The Bertz CT molecular complexity index is 606. The molecule has 0 aliphatic rings. The van der Waals surface area contributed by atoms with Crippen LogP contribution in [0.25, 0.3) is 0 Å². The van der Waals surface area contributed by atoms with Crippen LogP contribution in [0.15, 0.2) is 0 Å². The molecule has 0 spiro atoms. The Hall–Kier alpha value is -2.15. The number of aryl methyl sites for hydroxylation is 1. The normalized spacial score (nSPS) is 10.8. The van der Waals surface area contributed by atoms with Gasteiger partial charge in [0, 0.05) is 31.7 Å². The number of esters is 1. The highest BCUT2D eigenvalue weighted by molar-refractivity contribution is 5.99.